The number of fused-ring (bicyclic) bond motifs is 5. The molecule has 5 nitrogen and oxygen atoms in total. The Balaban J connectivity index is 1.96. The Kier molecular flexibility index (Phi) is 4.22. The van der Waals surface area contributed by atoms with Crippen molar-refractivity contribution in [3.8, 4) is 0 Å². The highest BCUT2D eigenvalue weighted by Crippen LogP contribution is 2.75. The van der Waals surface area contributed by atoms with Gasteiger partial charge in [0, 0.05) is 14.2 Å². The fourth-order valence-corrected chi connectivity index (χ4v) is 6.92. The molecule has 0 unspecified atom stereocenters. The number of benzene rings is 1. The summed E-state index contributed by atoms with van der Waals surface area (Å²) in [6.45, 7) is 1.80. The lowest BCUT2D eigenvalue weighted by Crippen LogP contribution is -2.60. The Morgan fingerprint density at radius 3 is 1.78 bits per heavy atom. The Hall–Kier alpha value is -0.820. The van der Waals surface area contributed by atoms with E-state index in [0.29, 0.717) is 5.69 Å². The van der Waals surface area contributed by atoms with Gasteiger partial charge < -0.3 is 9.47 Å². The lowest BCUT2D eigenvalue weighted by molar-refractivity contribution is -0.221. The van der Waals surface area contributed by atoms with Gasteiger partial charge in [0.25, 0.3) is 0 Å². The van der Waals surface area contributed by atoms with Gasteiger partial charge in [-0.15, -0.1) is 23.2 Å². The zero-order valence-electron chi connectivity index (χ0n) is 14.6. The zero-order valence-corrected chi connectivity index (χ0v) is 17.6. The summed E-state index contributed by atoms with van der Waals surface area (Å²) in [4.78, 5) is 24.4. The van der Waals surface area contributed by atoms with Crippen LogP contribution in [0.2, 0.25) is 0 Å². The summed E-state index contributed by atoms with van der Waals surface area (Å²) >= 11 is 26.7. The fourth-order valence-electron chi connectivity index (χ4n) is 4.76. The van der Waals surface area contributed by atoms with E-state index >= 15 is 0 Å². The zero-order chi connectivity index (χ0) is 19.9. The van der Waals surface area contributed by atoms with Crippen LogP contribution in [0.15, 0.2) is 34.3 Å². The van der Waals surface area contributed by atoms with Gasteiger partial charge in [-0.2, -0.15) is 0 Å². The molecule has 2 fully saturated rings. The van der Waals surface area contributed by atoms with Gasteiger partial charge >= 0.3 is 0 Å². The van der Waals surface area contributed by atoms with Crippen LogP contribution >= 0.6 is 46.4 Å². The van der Waals surface area contributed by atoms with Crippen molar-refractivity contribution in [3.63, 3.8) is 0 Å². The normalized spacial score (nSPS) is 36.8. The number of amides is 2. The van der Waals surface area contributed by atoms with Gasteiger partial charge in [-0.1, -0.05) is 41.4 Å². The minimum Gasteiger partial charge on any atom is -0.350 e. The molecule has 0 N–H and O–H groups in total. The molecule has 1 aliphatic heterocycles. The predicted molar refractivity (Wildman–Crippen MR) is 103 cm³/mol. The number of methoxy groups -OCH3 is 2. The molecular formula is C18H15Cl4NO4. The third-order valence-electron chi connectivity index (χ3n) is 5.88. The summed E-state index contributed by atoms with van der Waals surface area (Å²) in [6, 6.07) is 7.05. The van der Waals surface area contributed by atoms with Crippen molar-refractivity contribution < 1.29 is 19.1 Å². The maximum Gasteiger partial charge on any atom is 0.240 e. The third-order valence-corrected chi connectivity index (χ3v) is 8.49. The van der Waals surface area contributed by atoms with Crippen LogP contribution < -0.4 is 4.90 Å². The van der Waals surface area contributed by atoms with E-state index in [0.717, 1.165) is 10.5 Å². The number of para-hydroxylation sites is 1. The number of anilines is 1. The second-order valence-electron chi connectivity index (χ2n) is 6.83. The second-order valence-corrected chi connectivity index (χ2v) is 8.78. The minimum absolute atomic E-state index is 0.0430. The van der Waals surface area contributed by atoms with Crippen LogP contribution in [-0.2, 0) is 19.1 Å². The average Bonchev–Trinajstić information content (AvgIpc) is 3.06. The van der Waals surface area contributed by atoms with Crippen LogP contribution in [0.4, 0.5) is 5.69 Å². The summed E-state index contributed by atoms with van der Waals surface area (Å²) in [7, 11) is 2.65. The molecule has 1 heterocycles. The fraction of sp³-hybridized carbons (Fsp3) is 0.444. The topological polar surface area (TPSA) is 55.8 Å². The van der Waals surface area contributed by atoms with Crippen molar-refractivity contribution in [1.29, 1.82) is 0 Å². The Labute approximate surface area is 176 Å². The van der Waals surface area contributed by atoms with Crippen molar-refractivity contribution >= 4 is 63.9 Å². The molecule has 0 radical (unpaired) electrons. The standard InChI is InChI=1S/C18H15Cl4NO4/c1-8-6-4-5-7-9(8)23-14(24)10-11(15(23)25)17(22)13(20)12(19)16(10,21)18(17,26-2)27-3/h4-7,10-11H,1-3H3/t10-,11+,16-,17-/m0/s1. The van der Waals surface area contributed by atoms with E-state index < -0.39 is 39.2 Å². The van der Waals surface area contributed by atoms with Crippen molar-refractivity contribution in [1.82, 2.24) is 0 Å². The molecule has 4 rings (SSSR count). The lowest BCUT2D eigenvalue weighted by Gasteiger charge is -2.42. The number of aryl methyl sites for hydroxylation is 1. The minimum atomic E-state index is -1.77. The van der Waals surface area contributed by atoms with Gasteiger partial charge in [-0.3, -0.25) is 9.59 Å². The number of alkyl halides is 2. The smallest absolute Gasteiger partial charge is 0.240 e. The Bertz CT molecular complexity index is 868. The third kappa shape index (κ3) is 1.82. The molecule has 1 aromatic rings. The number of imide groups is 1. The molecular weight excluding hydrogens is 436 g/mol. The number of carbonyl (C=O) groups excluding carboxylic acids is 2. The van der Waals surface area contributed by atoms with Crippen LogP contribution in [0.5, 0.6) is 0 Å². The summed E-state index contributed by atoms with van der Waals surface area (Å²) in [6.07, 6.45) is 0. The van der Waals surface area contributed by atoms with Gasteiger partial charge in [0.15, 0.2) is 0 Å². The molecule has 9 heteroatoms. The first-order valence-electron chi connectivity index (χ1n) is 8.13. The van der Waals surface area contributed by atoms with E-state index in [9.17, 15) is 9.59 Å². The summed E-state index contributed by atoms with van der Waals surface area (Å²) in [5.41, 5.74) is 1.23. The number of rotatable bonds is 3. The van der Waals surface area contributed by atoms with E-state index in [1.807, 2.05) is 6.07 Å². The van der Waals surface area contributed by atoms with Gasteiger partial charge in [-0.25, -0.2) is 4.90 Å². The van der Waals surface area contributed by atoms with Crippen molar-refractivity contribution in [2.45, 2.75) is 22.5 Å². The summed E-state index contributed by atoms with van der Waals surface area (Å²) < 4.78 is 11.1. The van der Waals surface area contributed by atoms with E-state index in [1.165, 1.54) is 14.2 Å². The molecule has 144 valence electrons. The first-order valence-corrected chi connectivity index (χ1v) is 9.64. The molecule has 2 amide bonds. The molecule has 1 saturated carbocycles. The number of ether oxygens (including phenoxy) is 2. The quantitative estimate of drug-likeness (QED) is 0.399. The maximum absolute atomic E-state index is 13.4. The molecule has 3 aliphatic rings. The highest BCUT2D eigenvalue weighted by molar-refractivity contribution is 6.54. The number of carbonyl (C=O) groups is 2. The van der Waals surface area contributed by atoms with Crippen molar-refractivity contribution in [2.75, 3.05) is 19.1 Å². The van der Waals surface area contributed by atoms with Crippen LogP contribution in [0.25, 0.3) is 0 Å². The summed E-state index contributed by atoms with van der Waals surface area (Å²) in [5, 5.41) is -0.0860. The largest absolute Gasteiger partial charge is 0.350 e. The van der Waals surface area contributed by atoms with Gasteiger partial charge in [0.05, 0.1) is 27.6 Å². The maximum atomic E-state index is 13.4. The highest BCUT2D eigenvalue weighted by Gasteiger charge is 2.89. The van der Waals surface area contributed by atoms with Crippen LogP contribution in [0, 0.1) is 18.8 Å². The molecule has 0 aromatic heterocycles. The molecule has 2 bridgehead atoms. The Morgan fingerprint density at radius 1 is 0.926 bits per heavy atom. The van der Waals surface area contributed by atoms with E-state index in [4.69, 9.17) is 55.9 Å². The van der Waals surface area contributed by atoms with Gasteiger partial charge in [0.1, 0.15) is 9.75 Å². The molecule has 4 atom stereocenters. The first-order chi connectivity index (χ1) is 12.6. The van der Waals surface area contributed by atoms with E-state index in [2.05, 4.69) is 0 Å². The molecule has 1 aromatic carbocycles. The molecule has 2 aliphatic carbocycles. The lowest BCUT2D eigenvalue weighted by atomic mass is 9.84. The molecule has 1 saturated heterocycles. The molecule has 27 heavy (non-hydrogen) atoms. The van der Waals surface area contributed by atoms with E-state index in [1.54, 1.807) is 25.1 Å². The van der Waals surface area contributed by atoms with Crippen molar-refractivity contribution in [3.05, 3.63) is 39.9 Å². The Morgan fingerprint density at radius 2 is 1.37 bits per heavy atom. The predicted octanol–water partition coefficient (Wildman–Crippen LogP) is 3.76. The first kappa shape index (κ1) is 19.5. The average molecular weight is 451 g/mol. The van der Waals surface area contributed by atoms with Crippen LogP contribution in [0.1, 0.15) is 5.56 Å². The van der Waals surface area contributed by atoms with Crippen LogP contribution in [0.3, 0.4) is 0 Å². The van der Waals surface area contributed by atoms with Gasteiger partial charge in [-0.05, 0) is 18.6 Å². The monoisotopic (exact) mass is 449 g/mol. The second kappa shape index (κ2) is 5.85. The number of nitrogens with zero attached hydrogens (tertiary/aromatic N) is 1. The number of hydrogen-bond acceptors (Lipinski definition) is 4. The highest BCUT2D eigenvalue weighted by atomic mass is 35.5. The molecule has 0 spiro atoms. The van der Waals surface area contributed by atoms with Gasteiger partial charge in [0.2, 0.25) is 17.6 Å². The summed E-state index contributed by atoms with van der Waals surface area (Å²) in [5.74, 6) is -4.97. The number of halogens is 4. The van der Waals surface area contributed by atoms with Crippen molar-refractivity contribution in [2.24, 2.45) is 11.8 Å². The SMILES string of the molecule is COC1(OC)[C@@]2(Cl)C(Cl)=C(Cl)[C@@]1(Cl)[C@H]1C(=O)N(c3ccccc3C)C(=O)[C@H]12. The number of hydrogen-bond donors (Lipinski definition) is 0. The van der Waals surface area contributed by atoms with Crippen LogP contribution in [-0.4, -0.2) is 41.6 Å². The van der Waals surface area contributed by atoms with E-state index in [-0.39, 0.29) is 10.1 Å².